The van der Waals surface area contributed by atoms with Gasteiger partial charge in [0.15, 0.2) is 0 Å². The smallest absolute Gasteiger partial charge is 0.293 e. The van der Waals surface area contributed by atoms with Crippen LogP contribution in [0, 0.1) is 23.0 Å². The summed E-state index contributed by atoms with van der Waals surface area (Å²) in [4.78, 5) is 14.7. The molecule has 1 unspecified atom stereocenters. The van der Waals surface area contributed by atoms with Gasteiger partial charge in [0.2, 0.25) is 0 Å². The Morgan fingerprint density at radius 1 is 1.53 bits per heavy atom. The van der Waals surface area contributed by atoms with Crippen molar-refractivity contribution in [3.8, 4) is 0 Å². The molecule has 1 atom stereocenters. The van der Waals surface area contributed by atoms with Crippen molar-refractivity contribution < 1.29 is 4.92 Å². The van der Waals surface area contributed by atoms with Crippen LogP contribution in [0.4, 0.5) is 5.69 Å². The van der Waals surface area contributed by atoms with E-state index in [2.05, 4.69) is 18.8 Å². The fourth-order valence-corrected chi connectivity index (χ4v) is 1.94. The lowest BCUT2D eigenvalue weighted by molar-refractivity contribution is -0.386. The first-order valence-corrected chi connectivity index (χ1v) is 5.76. The molecule has 1 aromatic rings. The molecule has 1 rings (SSSR count). The molecule has 94 valence electrons. The lowest BCUT2D eigenvalue weighted by atomic mass is 9.99. The fraction of sp³-hybridized carbons (Fsp3) is 0.583. The molecule has 5 heteroatoms. The Morgan fingerprint density at radius 3 is 2.71 bits per heavy atom. The van der Waals surface area contributed by atoms with Gasteiger partial charge in [-0.3, -0.25) is 15.1 Å². The summed E-state index contributed by atoms with van der Waals surface area (Å²) < 4.78 is 0. The molecular formula is C12H19N3O2. The maximum Gasteiger partial charge on any atom is 0.293 e. The number of rotatable bonds is 5. The highest BCUT2D eigenvalue weighted by Crippen LogP contribution is 2.22. The van der Waals surface area contributed by atoms with Crippen LogP contribution in [0.1, 0.15) is 31.5 Å². The van der Waals surface area contributed by atoms with Crippen LogP contribution in [-0.4, -0.2) is 15.9 Å². The summed E-state index contributed by atoms with van der Waals surface area (Å²) in [5, 5.41) is 11.0. The standard InChI is InChI=1S/C12H19N3O2/c1-8(2)6-10(13)7-11-12(15(16)17)9(3)4-5-14-11/h4-5,8,10H,6-7,13H2,1-3H3. The Kier molecular flexibility index (Phi) is 4.57. The van der Waals surface area contributed by atoms with Gasteiger partial charge >= 0.3 is 0 Å². The van der Waals surface area contributed by atoms with Gasteiger partial charge < -0.3 is 5.73 Å². The largest absolute Gasteiger partial charge is 0.327 e. The Labute approximate surface area is 101 Å². The molecule has 17 heavy (non-hydrogen) atoms. The summed E-state index contributed by atoms with van der Waals surface area (Å²) in [6, 6.07) is 1.57. The van der Waals surface area contributed by atoms with Crippen LogP contribution < -0.4 is 5.73 Å². The van der Waals surface area contributed by atoms with Gasteiger partial charge in [0.25, 0.3) is 5.69 Å². The number of nitrogens with zero attached hydrogens (tertiary/aromatic N) is 2. The summed E-state index contributed by atoms with van der Waals surface area (Å²) in [6.07, 6.45) is 2.89. The van der Waals surface area contributed by atoms with Gasteiger partial charge in [0, 0.05) is 24.2 Å². The van der Waals surface area contributed by atoms with Crippen molar-refractivity contribution in [2.75, 3.05) is 0 Å². The number of nitrogens with two attached hydrogens (primary N) is 1. The molecule has 0 aromatic carbocycles. The fourth-order valence-electron chi connectivity index (χ4n) is 1.94. The number of aromatic nitrogens is 1. The normalized spacial score (nSPS) is 12.8. The summed E-state index contributed by atoms with van der Waals surface area (Å²) >= 11 is 0. The molecule has 5 nitrogen and oxygen atoms in total. The van der Waals surface area contributed by atoms with E-state index in [1.54, 1.807) is 19.2 Å². The van der Waals surface area contributed by atoms with Gasteiger partial charge in [-0.1, -0.05) is 13.8 Å². The topological polar surface area (TPSA) is 82.0 Å². The number of hydrogen-bond donors (Lipinski definition) is 1. The quantitative estimate of drug-likeness (QED) is 0.628. The van der Waals surface area contributed by atoms with Gasteiger partial charge in [0.1, 0.15) is 5.69 Å². The van der Waals surface area contributed by atoms with E-state index in [1.807, 2.05) is 0 Å². The molecule has 0 radical (unpaired) electrons. The van der Waals surface area contributed by atoms with Crippen molar-refractivity contribution in [2.45, 2.75) is 39.7 Å². The van der Waals surface area contributed by atoms with E-state index < -0.39 is 0 Å². The van der Waals surface area contributed by atoms with Crippen LogP contribution in [0.15, 0.2) is 12.3 Å². The van der Waals surface area contributed by atoms with E-state index in [0.29, 0.717) is 23.6 Å². The summed E-state index contributed by atoms with van der Waals surface area (Å²) in [7, 11) is 0. The van der Waals surface area contributed by atoms with Gasteiger partial charge in [0.05, 0.1) is 4.92 Å². The van der Waals surface area contributed by atoms with Crippen molar-refractivity contribution >= 4 is 5.69 Å². The zero-order chi connectivity index (χ0) is 13.0. The molecule has 0 aliphatic carbocycles. The SMILES string of the molecule is Cc1ccnc(CC(N)CC(C)C)c1[N+](=O)[O-]. The lowest BCUT2D eigenvalue weighted by Gasteiger charge is -2.13. The first-order chi connectivity index (χ1) is 7.91. The van der Waals surface area contributed by atoms with Crippen LogP contribution in [0.5, 0.6) is 0 Å². The highest BCUT2D eigenvalue weighted by molar-refractivity contribution is 5.43. The maximum atomic E-state index is 11.0. The first-order valence-electron chi connectivity index (χ1n) is 5.76. The van der Waals surface area contributed by atoms with Crippen molar-refractivity contribution in [2.24, 2.45) is 11.7 Å². The molecule has 1 heterocycles. The van der Waals surface area contributed by atoms with Gasteiger partial charge in [-0.05, 0) is 25.3 Å². The van der Waals surface area contributed by atoms with Crippen molar-refractivity contribution in [1.82, 2.24) is 4.98 Å². The number of aryl methyl sites for hydroxylation is 1. The van der Waals surface area contributed by atoms with E-state index in [0.717, 1.165) is 6.42 Å². The molecule has 0 fully saturated rings. The second kappa shape index (κ2) is 5.72. The zero-order valence-corrected chi connectivity index (χ0v) is 10.5. The predicted octanol–water partition coefficient (Wildman–Crippen LogP) is 2.21. The van der Waals surface area contributed by atoms with Crippen LogP contribution in [-0.2, 0) is 6.42 Å². The minimum atomic E-state index is -0.375. The molecule has 2 N–H and O–H groups in total. The Balaban J connectivity index is 2.91. The average molecular weight is 237 g/mol. The maximum absolute atomic E-state index is 11.0. The van der Waals surface area contributed by atoms with E-state index in [4.69, 9.17) is 5.73 Å². The molecule has 0 aliphatic rings. The number of hydrogen-bond acceptors (Lipinski definition) is 4. The molecule has 0 saturated heterocycles. The molecule has 0 bridgehead atoms. The predicted molar refractivity (Wildman–Crippen MR) is 66.8 cm³/mol. The van der Waals surface area contributed by atoms with Crippen LogP contribution in [0.3, 0.4) is 0 Å². The Bertz CT molecular complexity index is 405. The number of nitro groups is 1. The summed E-state index contributed by atoms with van der Waals surface area (Å²) in [6.45, 7) is 5.88. The minimum Gasteiger partial charge on any atom is -0.327 e. The summed E-state index contributed by atoms with van der Waals surface area (Å²) in [5.74, 6) is 0.480. The van der Waals surface area contributed by atoms with Crippen LogP contribution in [0.2, 0.25) is 0 Å². The highest BCUT2D eigenvalue weighted by atomic mass is 16.6. The molecule has 0 spiro atoms. The Morgan fingerprint density at radius 2 is 2.18 bits per heavy atom. The number of pyridine rings is 1. The van der Waals surface area contributed by atoms with Gasteiger partial charge in [-0.15, -0.1) is 0 Å². The molecule has 1 aromatic heterocycles. The summed E-state index contributed by atoms with van der Waals surface area (Å²) in [5.41, 5.74) is 7.19. The second-order valence-corrected chi connectivity index (χ2v) is 4.77. The van der Waals surface area contributed by atoms with Gasteiger partial charge in [-0.25, -0.2) is 0 Å². The monoisotopic (exact) mass is 237 g/mol. The minimum absolute atomic E-state index is 0.0806. The van der Waals surface area contributed by atoms with Crippen molar-refractivity contribution in [3.05, 3.63) is 33.6 Å². The third-order valence-corrected chi connectivity index (χ3v) is 2.61. The average Bonchev–Trinajstić information content (AvgIpc) is 2.15. The Hall–Kier alpha value is -1.49. The molecule has 0 aliphatic heterocycles. The van der Waals surface area contributed by atoms with Crippen molar-refractivity contribution in [1.29, 1.82) is 0 Å². The van der Waals surface area contributed by atoms with E-state index in [1.165, 1.54) is 0 Å². The molecular weight excluding hydrogens is 218 g/mol. The van der Waals surface area contributed by atoms with Gasteiger partial charge in [-0.2, -0.15) is 0 Å². The van der Waals surface area contributed by atoms with E-state index in [-0.39, 0.29) is 16.7 Å². The molecule has 0 amide bonds. The first kappa shape index (κ1) is 13.6. The third kappa shape index (κ3) is 3.78. The van der Waals surface area contributed by atoms with E-state index in [9.17, 15) is 10.1 Å². The highest BCUT2D eigenvalue weighted by Gasteiger charge is 2.20. The zero-order valence-electron chi connectivity index (χ0n) is 10.5. The lowest BCUT2D eigenvalue weighted by Crippen LogP contribution is -2.25. The molecule has 0 saturated carbocycles. The van der Waals surface area contributed by atoms with Crippen molar-refractivity contribution in [3.63, 3.8) is 0 Å². The second-order valence-electron chi connectivity index (χ2n) is 4.77. The van der Waals surface area contributed by atoms with Crippen LogP contribution >= 0.6 is 0 Å². The van der Waals surface area contributed by atoms with Crippen LogP contribution in [0.25, 0.3) is 0 Å². The third-order valence-electron chi connectivity index (χ3n) is 2.61. The van der Waals surface area contributed by atoms with E-state index >= 15 is 0 Å².